The summed E-state index contributed by atoms with van der Waals surface area (Å²) in [5.74, 6) is 0.695. The van der Waals surface area contributed by atoms with Crippen molar-refractivity contribution >= 4 is 33.3 Å². The first-order valence-electron chi connectivity index (χ1n) is 7.96. The minimum Gasteiger partial charge on any atom is -0.283 e. The smallest absolute Gasteiger partial charge is 0.263 e. The van der Waals surface area contributed by atoms with Crippen molar-refractivity contribution < 1.29 is 0 Å². The Morgan fingerprint density at radius 3 is 3.08 bits per heavy atom. The summed E-state index contributed by atoms with van der Waals surface area (Å²) >= 11 is 3.24. The van der Waals surface area contributed by atoms with Gasteiger partial charge in [-0.05, 0) is 37.0 Å². The van der Waals surface area contributed by atoms with E-state index < -0.39 is 0 Å². The zero-order valence-corrected chi connectivity index (χ0v) is 14.8. The number of hydrogen-bond donors (Lipinski definition) is 0. The van der Waals surface area contributed by atoms with Crippen molar-refractivity contribution in [2.45, 2.75) is 36.7 Å². The van der Waals surface area contributed by atoms with E-state index in [0.29, 0.717) is 12.3 Å². The lowest BCUT2D eigenvalue weighted by Crippen LogP contribution is -2.22. The van der Waals surface area contributed by atoms with Crippen LogP contribution >= 0.6 is 23.1 Å². The number of fused-ring (bicyclic) bond motifs is 3. The fraction of sp³-hybridized carbons (Fsp3) is 0.278. The Bertz CT molecular complexity index is 960. The molecule has 4 rings (SSSR count). The number of thioether (sulfide) groups is 1. The summed E-state index contributed by atoms with van der Waals surface area (Å²) in [6.45, 7) is 4.27. The van der Waals surface area contributed by atoms with Crippen LogP contribution in [0.1, 0.15) is 22.6 Å². The average molecular weight is 355 g/mol. The Morgan fingerprint density at radius 1 is 1.38 bits per heavy atom. The zero-order valence-electron chi connectivity index (χ0n) is 13.2. The number of thiophene rings is 1. The van der Waals surface area contributed by atoms with E-state index in [-0.39, 0.29) is 5.56 Å². The van der Waals surface area contributed by atoms with E-state index in [1.54, 1.807) is 39.9 Å². The first kappa shape index (κ1) is 15.6. The van der Waals surface area contributed by atoms with E-state index >= 15 is 0 Å². The summed E-state index contributed by atoms with van der Waals surface area (Å²) in [5, 5.41) is 1.58. The van der Waals surface area contributed by atoms with Gasteiger partial charge in [-0.15, -0.1) is 17.9 Å². The summed E-state index contributed by atoms with van der Waals surface area (Å²) in [5.41, 5.74) is 2.28. The minimum atomic E-state index is 0.0721. The van der Waals surface area contributed by atoms with E-state index in [0.717, 1.165) is 40.3 Å². The summed E-state index contributed by atoms with van der Waals surface area (Å²) < 4.78 is 1.74. The number of aromatic nitrogens is 3. The highest BCUT2D eigenvalue weighted by atomic mass is 32.2. The van der Waals surface area contributed by atoms with Gasteiger partial charge >= 0.3 is 0 Å². The van der Waals surface area contributed by atoms with Crippen molar-refractivity contribution in [1.29, 1.82) is 0 Å². The van der Waals surface area contributed by atoms with Gasteiger partial charge in [0.25, 0.3) is 5.56 Å². The lowest BCUT2D eigenvalue weighted by molar-refractivity contribution is 0.672. The summed E-state index contributed by atoms with van der Waals surface area (Å²) in [7, 11) is 0. The van der Waals surface area contributed by atoms with Crippen molar-refractivity contribution in [2.24, 2.45) is 0 Å². The highest BCUT2D eigenvalue weighted by Gasteiger charge is 2.23. The molecule has 0 radical (unpaired) electrons. The molecular formula is C18H17N3OS2. The van der Waals surface area contributed by atoms with E-state index in [9.17, 15) is 4.79 Å². The number of rotatable bonds is 5. The molecule has 0 aliphatic heterocycles. The van der Waals surface area contributed by atoms with Crippen LogP contribution in [0.2, 0.25) is 0 Å². The van der Waals surface area contributed by atoms with E-state index in [1.165, 1.54) is 10.4 Å². The third kappa shape index (κ3) is 2.70. The molecule has 122 valence electrons. The van der Waals surface area contributed by atoms with Gasteiger partial charge in [0.05, 0.1) is 11.1 Å². The maximum Gasteiger partial charge on any atom is 0.263 e. The lowest BCUT2D eigenvalue weighted by Gasteiger charge is -2.10. The summed E-state index contributed by atoms with van der Waals surface area (Å²) in [6, 6.07) is 5.86. The molecule has 0 saturated heterocycles. The summed E-state index contributed by atoms with van der Waals surface area (Å²) in [6.07, 6.45) is 6.77. The molecule has 0 unspecified atom stereocenters. The first-order valence-corrected chi connectivity index (χ1v) is 9.77. The predicted molar refractivity (Wildman–Crippen MR) is 99.9 cm³/mol. The molecule has 24 heavy (non-hydrogen) atoms. The molecule has 3 aromatic heterocycles. The highest BCUT2D eigenvalue weighted by molar-refractivity contribution is 7.98. The van der Waals surface area contributed by atoms with Gasteiger partial charge in [0.1, 0.15) is 4.83 Å². The molecule has 0 fully saturated rings. The van der Waals surface area contributed by atoms with Gasteiger partial charge in [-0.2, -0.15) is 0 Å². The average Bonchev–Trinajstić information content (AvgIpc) is 3.17. The van der Waals surface area contributed by atoms with Gasteiger partial charge in [-0.1, -0.05) is 23.9 Å². The Hall–Kier alpha value is -1.92. The molecule has 0 spiro atoms. The topological polar surface area (TPSA) is 47.8 Å². The second-order valence-corrected chi connectivity index (χ2v) is 7.77. The molecule has 3 aromatic rings. The third-order valence-electron chi connectivity index (χ3n) is 4.18. The molecule has 4 nitrogen and oxygen atoms in total. The van der Waals surface area contributed by atoms with Crippen LogP contribution in [0.4, 0.5) is 0 Å². The minimum absolute atomic E-state index is 0.0721. The first-order chi connectivity index (χ1) is 11.8. The van der Waals surface area contributed by atoms with Crippen molar-refractivity contribution in [3.8, 4) is 0 Å². The Kier molecular flexibility index (Phi) is 4.24. The second-order valence-electron chi connectivity index (χ2n) is 5.75. The Morgan fingerprint density at radius 2 is 2.29 bits per heavy atom. The summed E-state index contributed by atoms with van der Waals surface area (Å²) in [4.78, 5) is 24.4. The van der Waals surface area contributed by atoms with Crippen LogP contribution in [-0.4, -0.2) is 14.5 Å². The molecule has 0 saturated carbocycles. The number of nitrogens with zero attached hydrogens (tertiary/aromatic N) is 3. The SMILES string of the molecule is C=CCn1c(SCc2ccccn2)nc2sc3c(c2c1=O)CCC3. The van der Waals surface area contributed by atoms with E-state index in [2.05, 4.69) is 11.6 Å². The maximum atomic E-state index is 13.0. The van der Waals surface area contributed by atoms with E-state index in [1.807, 2.05) is 18.2 Å². The monoisotopic (exact) mass is 355 g/mol. The molecule has 0 aromatic carbocycles. The highest BCUT2D eigenvalue weighted by Crippen LogP contribution is 2.35. The molecule has 0 N–H and O–H groups in total. The van der Waals surface area contributed by atoms with Crippen LogP contribution in [0.3, 0.4) is 0 Å². The van der Waals surface area contributed by atoms with Crippen LogP contribution in [-0.2, 0) is 25.1 Å². The zero-order chi connectivity index (χ0) is 16.5. The van der Waals surface area contributed by atoms with Gasteiger partial charge in [-0.25, -0.2) is 4.98 Å². The molecule has 6 heteroatoms. The van der Waals surface area contributed by atoms with Crippen molar-refractivity contribution in [3.05, 3.63) is 63.5 Å². The molecule has 1 aliphatic rings. The maximum absolute atomic E-state index is 13.0. The van der Waals surface area contributed by atoms with Crippen LogP contribution in [0.5, 0.6) is 0 Å². The third-order valence-corrected chi connectivity index (χ3v) is 6.37. The van der Waals surface area contributed by atoms with Crippen LogP contribution in [0, 0.1) is 0 Å². The van der Waals surface area contributed by atoms with Crippen molar-refractivity contribution in [2.75, 3.05) is 0 Å². The standard InChI is InChI=1S/C18H17N3OS2/c1-2-10-21-17(22)15-13-7-5-8-14(13)24-16(15)20-18(21)23-11-12-6-3-4-9-19-12/h2-4,6,9H,1,5,7-8,10-11H2. The van der Waals surface area contributed by atoms with Crippen LogP contribution in [0.25, 0.3) is 10.2 Å². The van der Waals surface area contributed by atoms with Crippen molar-refractivity contribution in [3.63, 3.8) is 0 Å². The number of hydrogen-bond acceptors (Lipinski definition) is 5. The van der Waals surface area contributed by atoms with Gasteiger partial charge in [0.2, 0.25) is 0 Å². The van der Waals surface area contributed by atoms with Gasteiger partial charge in [0.15, 0.2) is 5.16 Å². The van der Waals surface area contributed by atoms with Gasteiger partial charge < -0.3 is 0 Å². The molecule has 0 atom stereocenters. The van der Waals surface area contributed by atoms with Crippen LogP contribution in [0.15, 0.2) is 47.0 Å². The lowest BCUT2D eigenvalue weighted by atomic mass is 10.2. The molecule has 1 aliphatic carbocycles. The fourth-order valence-electron chi connectivity index (χ4n) is 3.08. The van der Waals surface area contributed by atoms with Gasteiger partial charge in [-0.3, -0.25) is 14.3 Å². The second kappa shape index (κ2) is 6.53. The van der Waals surface area contributed by atoms with Gasteiger partial charge in [0, 0.05) is 23.4 Å². The molecule has 0 amide bonds. The fourth-order valence-corrected chi connectivity index (χ4v) is 5.31. The molecular weight excluding hydrogens is 338 g/mol. The molecule has 3 heterocycles. The number of pyridine rings is 1. The number of aryl methyl sites for hydroxylation is 2. The van der Waals surface area contributed by atoms with E-state index in [4.69, 9.17) is 4.98 Å². The molecule has 0 bridgehead atoms. The van der Waals surface area contributed by atoms with Crippen molar-refractivity contribution in [1.82, 2.24) is 14.5 Å². The largest absolute Gasteiger partial charge is 0.283 e. The van der Waals surface area contributed by atoms with Crippen LogP contribution < -0.4 is 5.56 Å². The quantitative estimate of drug-likeness (QED) is 0.397. The normalized spacial score (nSPS) is 13.3. The predicted octanol–water partition coefficient (Wildman–Crippen LogP) is 3.82. The number of allylic oxidation sites excluding steroid dienone is 1. The Labute approximate surface area is 148 Å². The Balaban J connectivity index is 1.78.